The molecule has 1 amide bonds. The Morgan fingerprint density at radius 2 is 1.87 bits per heavy atom. The highest BCUT2D eigenvalue weighted by Crippen LogP contribution is 2.31. The Hall–Kier alpha value is -2.37. The van der Waals surface area contributed by atoms with Gasteiger partial charge in [-0.3, -0.25) is 9.69 Å². The van der Waals surface area contributed by atoms with Gasteiger partial charge in [0.05, 0.1) is 19.3 Å². The minimum Gasteiger partial charge on any atom is -0.379 e. The Balaban J connectivity index is 1.54. The lowest BCUT2D eigenvalue weighted by Crippen LogP contribution is -2.44. The van der Waals surface area contributed by atoms with E-state index in [2.05, 4.69) is 47.3 Å². The predicted molar refractivity (Wildman–Crippen MR) is 121 cm³/mol. The molecule has 0 bridgehead atoms. The van der Waals surface area contributed by atoms with Crippen LogP contribution >= 0.6 is 0 Å². The quantitative estimate of drug-likeness (QED) is 0.824. The van der Waals surface area contributed by atoms with Crippen molar-refractivity contribution in [3.8, 4) is 0 Å². The van der Waals surface area contributed by atoms with Gasteiger partial charge >= 0.3 is 0 Å². The van der Waals surface area contributed by atoms with Crippen LogP contribution in [0.3, 0.4) is 0 Å². The van der Waals surface area contributed by atoms with Crippen molar-refractivity contribution in [1.82, 2.24) is 10.2 Å². The van der Waals surface area contributed by atoms with Crippen molar-refractivity contribution in [2.24, 2.45) is 0 Å². The second kappa shape index (κ2) is 9.19. The fourth-order valence-electron chi connectivity index (χ4n) is 4.53. The third-order valence-electron chi connectivity index (χ3n) is 6.55. The Labute approximate surface area is 180 Å². The maximum atomic E-state index is 12.8. The summed E-state index contributed by atoms with van der Waals surface area (Å²) in [6.07, 6.45) is 2.32. The number of nitrogens with zero attached hydrogens (tertiary/aromatic N) is 2. The number of fused-ring (bicyclic) bond motifs is 1. The molecular weight excluding hydrogens is 374 g/mol. The average Bonchev–Trinajstić information content (AvgIpc) is 2.76. The van der Waals surface area contributed by atoms with Gasteiger partial charge in [-0.05, 0) is 67.1 Å². The standard InChI is InChI=1S/C25H33N3O2/c1-18-6-7-22(15-19(18)2)25(29)26-17-24(28-11-13-30-14-12-28)21-8-9-23-20(16-21)5-4-10-27(23)3/h6-9,15-16,24H,4-5,10-14,17H2,1-3H3,(H,26,29)/t24-/m0/s1. The fourth-order valence-corrected chi connectivity index (χ4v) is 4.53. The van der Waals surface area contributed by atoms with Gasteiger partial charge in [-0.25, -0.2) is 0 Å². The van der Waals surface area contributed by atoms with Crippen LogP contribution in [0.1, 0.15) is 45.1 Å². The normalized spacial score (nSPS) is 18.0. The van der Waals surface area contributed by atoms with Crippen molar-refractivity contribution < 1.29 is 9.53 Å². The summed E-state index contributed by atoms with van der Waals surface area (Å²) in [5, 5.41) is 3.20. The molecule has 0 saturated carbocycles. The summed E-state index contributed by atoms with van der Waals surface area (Å²) in [5.41, 5.74) is 7.12. The number of carbonyl (C=O) groups is 1. The van der Waals surface area contributed by atoms with Gasteiger partial charge in [0, 0.05) is 44.5 Å². The number of morpholine rings is 1. The summed E-state index contributed by atoms with van der Waals surface area (Å²) in [4.78, 5) is 17.6. The lowest BCUT2D eigenvalue weighted by Gasteiger charge is -2.36. The van der Waals surface area contributed by atoms with E-state index in [4.69, 9.17) is 4.74 Å². The zero-order valence-corrected chi connectivity index (χ0v) is 18.4. The van der Waals surface area contributed by atoms with Gasteiger partial charge in [-0.15, -0.1) is 0 Å². The second-order valence-corrected chi connectivity index (χ2v) is 8.59. The molecule has 0 radical (unpaired) electrons. The zero-order chi connectivity index (χ0) is 21.1. The van der Waals surface area contributed by atoms with Crippen LogP contribution in [0.15, 0.2) is 36.4 Å². The lowest BCUT2D eigenvalue weighted by molar-refractivity contribution is 0.0162. The van der Waals surface area contributed by atoms with E-state index < -0.39 is 0 Å². The molecule has 5 heteroatoms. The van der Waals surface area contributed by atoms with Crippen molar-refractivity contribution in [2.45, 2.75) is 32.7 Å². The van der Waals surface area contributed by atoms with Crippen LogP contribution < -0.4 is 10.2 Å². The monoisotopic (exact) mass is 407 g/mol. The number of ether oxygens (including phenoxy) is 1. The number of amides is 1. The highest BCUT2D eigenvalue weighted by atomic mass is 16.5. The van der Waals surface area contributed by atoms with E-state index in [9.17, 15) is 4.79 Å². The number of aryl methyl sites for hydroxylation is 3. The van der Waals surface area contributed by atoms with Crippen molar-refractivity contribution in [3.05, 3.63) is 64.2 Å². The molecule has 4 rings (SSSR count). The van der Waals surface area contributed by atoms with Gasteiger partial charge < -0.3 is 15.0 Å². The number of nitrogens with one attached hydrogen (secondary N) is 1. The van der Waals surface area contributed by atoms with Crippen LogP contribution in [0.5, 0.6) is 0 Å². The average molecular weight is 408 g/mol. The van der Waals surface area contributed by atoms with Crippen LogP contribution in [0, 0.1) is 13.8 Å². The number of rotatable bonds is 5. The maximum Gasteiger partial charge on any atom is 0.251 e. The number of anilines is 1. The van der Waals surface area contributed by atoms with Crippen LogP contribution in [-0.4, -0.2) is 57.2 Å². The predicted octanol–water partition coefficient (Wildman–Crippen LogP) is 3.49. The molecule has 2 aliphatic rings. The summed E-state index contributed by atoms with van der Waals surface area (Å²) < 4.78 is 5.57. The molecule has 2 aliphatic heterocycles. The second-order valence-electron chi connectivity index (χ2n) is 8.59. The zero-order valence-electron chi connectivity index (χ0n) is 18.4. The summed E-state index contributed by atoms with van der Waals surface area (Å²) in [6, 6.07) is 12.9. The first-order valence-electron chi connectivity index (χ1n) is 11.0. The number of hydrogen-bond acceptors (Lipinski definition) is 4. The van der Waals surface area contributed by atoms with E-state index in [0.29, 0.717) is 6.54 Å². The lowest BCUT2D eigenvalue weighted by atomic mass is 9.95. The van der Waals surface area contributed by atoms with Gasteiger partial charge in [0.15, 0.2) is 0 Å². The summed E-state index contributed by atoms with van der Waals surface area (Å²) in [7, 11) is 2.17. The largest absolute Gasteiger partial charge is 0.379 e. The Bertz CT molecular complexity index is 905. The van der Waals surface area contributed by atoms with Crippen LogP contribution in [-0.2, 0) is 11.2 Å². The van der Waals surface area contributed by atoms with E-state index in [1.165, 1.54) is 28.8 Å². The summed E-state index contributed by atoms with van der Waals surface area (Å²) >= 11 is 0. The van der Waals surface area contributed by atoms with Gasteiger partial charge in [-0.2, -0.15) is 0 Å². The Morgan fingerprint density at radius 1 is 1.07 bits per heavy atom. The molecular formula is C25H33N3O2. The van der Waals surface area contributed by atoms with E-state index in [0.717, 1.165) is 50.4 Å². The molecule has 1 atom stereocenters. The number of hydrogen-bond donors (Lipinski definition) is 1. The molecule has 0 aromatic heterocycles. The van der Waals surface area contributed by atoms with E-state index in [1.54, 1.807) is 0 Å². The van der Waals surface area contributed by atoms with Crippen molar-refractivity contribution in [2.75, 3.05) is 51.3 Å². The molecule has 5 nitrogen and oxygen atoms in total. The Kier molecular flexibility index (Phi) is 6.40. The van der Waals surface area contributed by atoms with Gasteiger partial charge in [-0.1, -0.05) is 18.2 Å². The van der Waals surface area contributed by atoms with Crippen molar-refractivity contribution >= 4 is 11.6 Å². The van der Waals surface area contributed by atoms with Gasteiger partial charge in [0.1, 0.15) is 0 Å². The Morgan fingerprint density at radius 3 is 2.63 bits per heavy atom. The molecule has 1 N–H and O–H groups in total. The molecule has 2 aromatic carbocycles. The molecule has 1 fully saturated rings. The summed E-state index contributed by atoms with van der Waals surface area (Å²) in [5.74, 6) is -0.00551. The molecule has 0 spiro atoms. The van der Waals surface area contributed by atoms with Crippen molar-refractivity contribution in [1.29, 1.82) is 0 Å². The number of benzene rings is 2. The molecule has 1 saturated heterocycles. The van der Waals surface area contributed by atoms with E-state index in [1.807, 2.05) is 25.1 Å². The van der Waals surface area contributed by atoms with Crippen LogP contribution in [0.2, 0.25) is 0 Å². The van der Waals surface area contributed by atoms with E-state index in [-0.39, 0.29) is 11.9 Å². The first-order valence-corrected chi connectivity index (χ1v) is 11.0. The molecule has 160 valence electrons. The molecule has 2 heterocycles. The van der Waals surface area contributed by atoms with Gasteiger partial charge in [0.2, 0.25) is 0 Å². The number of carbonyl (C=O) groups excluding carboxylic acids is 1. The topological polar surface area (TPSA) is 44.8 Å². The molecule has 2 aromatic rings. The minimum absolute atomic E-state index is 0.00551. The fraction of sp³-hybridized carbons (Fsp3) is 0.480. The first-order chi connectivity index (χ1) is 14.5. The van der Waals surface area contributed by atoms with E-state index >= 15 is 0 Å². The van der Waals surface area contributed by atoms with Gasteiger partial charge in [0.25, 0.3) is 5.91 Å². The third-order valence-corrected chi connectivity index (χ3v) is 6.55. The van der Waals surface area contributed by atoms with Crippen molar-refractivity contribution in [3.63, 3.8) is 0 Å². The minimum atomic E-state index is -0.00551. The first kappa shape index (κ1) is 20.9. The van der Waals surface area contributed by atoms with Crippen LogP contribution in [0.4, 0.5) is 5.69 Å². The SMILES string of the molecule is Cc1ccc(C(=O)NC[C@@H](c2ccc3c(c2)CCCN3C)N2CCOCC2)cc1C. The molecule has 0 aliphatic carbocycles. The maximum absolute atomic E-state index is 12.8. The van der Waals surface area contributed by atoms with Crippen LogP contribution in [0.25, 0.3) is 0 Å². The third kappa shape index (κ3) is 4.52. The molecule has 0 unspecified atom stereocenters. The highest BCUT2D eigenvalue weighted by molar-refractivity contribution is 5.94. The highest BCUT2D eigenvalue weighted by Gasteiger charge is 2.25. The molecule has 30 heavy (non-hydrogen) atoms. The smallest absolute Gasteiger partial charge is 0.251 e. The summed E-state index contributed by atoms with van der Waals surface area (Å²) in [6.45, 7) is 9.10.